The van der Waals surface area contributed by atoms with Crippen LogP contribution in [0.2, 0.25) is 0 Å². The minimum atomic E-state index is -0.124. The maximum absolute atomic E-state index is 12.7. The highest BCUT2D eigenvalue weighted by atomic mass is 16.5. The van der Waals surface area contributed by atoms with E-state index >= 15 is 0 Å². The standard InChI is InChI=1S/C28H35NO5/c1-4-33-28(32)22-11-13-23(14-12-22)34-24-15-16-25(20(3)18-24)26(30)6-5-17-29-27(31)21-9-7-19(2)8-10-21/h7-10,15-16,18,22-23H,4-6,11-14,17H2,1-3H3,(H,29,31). The van der Waals surface area contributed by atoms with Gasteiger partial charge in [0.05, 0.1) is 18.6 Å². The molecule has 1 fully saturated rings. The Labute approximate surface area is 202 Å². The van der Waals surface area contributed by atoms with Crippen LogP contribution in [0.5, 0.6) is 5.75 Å². The Morgan fingerprint density at radius 1 is 0.971 bits per heavy atom. The summed E-state index contributed by atoms with van der Waals surface area (Å²) in [6.07, 6.45) is 4.21. The Hall–Kier alpha value is -3.15. The van der Waals surface area contributed by atoms with Crippen LogP contribution in [0.3, 0.4) is 0 Å². The SMILES string of the molecule is CCOC(=O)C1CCC(Oc2ccc(C(=O)CCCNC(=O)c3ccc(C)cc3)c(C)c2)CC1. The van der Waals surface area contributed by atoms with Gasteiger partial charge in [0, 0.05) is 24.1 Å². The predicted molar refractivity (Wildman–Crippen MR) is 131 cm³/mol. The number of rotatable bonds is 10. The van der Waals surface area contributed by atoms with E-state index in [2.05, 4.69) is 5.32 Å². The molecule has 0 bridgehead atoms. The quantitative estimate of drug-likeness (QED) is 0.296. The summed E-state index contributed by atoms with van der Waals surface area (Å²) in [6.45, 7) is 6.59. The van der Waals surface area contributed by atoms with Crippen LogP contribution in [0.25, 0.3) is 0 Å². The molecule has 6 nitrogen and oxygen atoms in total. The molecule has 0 atom stereocenters. The molecule has 34 heavy (non-hydrogen) atoms. The lowest BCUT2D eigenvalue weighted by Gasteiger charge is -2.28. The largest absolute Gasteiger partial charge is 0.490 e. The van der Waals surface area contributed by atoms with Crippen LogP contribution in [0.15, 0.2) is 42.5 Å². The van der Waals surface area contributed by atoms with E-state index in [1.165, 1.54) is 0 Å². The van der Waals surface area contributed by atoms with Crippen molar-refractivity contribution < 1.29 is 23.9 Å². The first-order chi connectivity index (χ1) is 16.4. The van der Waals surface area contributed by atoms with Crippen molar-refractivity contribution in [1.82, 2.24) is 5.32 Å². The van der Waals surface area contributed by atoms with Crippen LogP contribution < -0.4 is 10.1 Å². The molecule has 6 heteroatoms. The number of benzene rings is 2. The third kappa shape index (κ3) is 7.17. The minimum Gasteiger partial charge on any atom is -0.490 e. The summed E-state index contributed by atoms with van der Waals surface area (Å²) in [5.41, 5.74) is 3.29. The van der Waals surface area contributed by atoms with Crippen molar-refractivity contribution >= 4 is 17.7 Å². The van der Waals surface area contributed by atoms with E-state index < -0.39 is 0 Å². The smallest absolute Gasteiger partial charge is 0.308 e. The van der Waals surface area contributed by atoms with Crippen molar-refractivity contribution in [3.05, 3.63) is 64.7 Å². The average molecular weight is 466 g/mol. The molecular weight excluding hydrogens is 430 g/mol. The topological polar surface area (TPSA) is 81.7 Å². The number of ketones is 1. The lowest BCUT2D eigenvalue weighted by molar-refractivity contribution is -0.149. The summed E-state index contributed by atoms with van der Waals surface area (Å²) in [5.74, 6) is 0.557. The van der Waals surface area contributed by atoms with Gasteiger partial charge in [-0.15, -0.1) is 0 Å². The second kappa shape index (κ2) is 12.4. The van der Waals surface area contributed by atoms with Gasteiger partial charge in [-0.1, -0.05) is 17.7 Å². The van der Waals surface area contributed by atoms with Crippen molar-refractivity contribution in [2.75, 3.05) is 13.2 Å². The summed E-state index contributed by atoms with van der Waals surface area (Å²) in [4.78, 5) is 36.7. The second-order valence-electron chi connectivity index (χ2n) is 8.97. The van der Waals surface area contributed by atoms with Crippen LogP contribution >= 0.6 is 0 Å². The molecule has 0 heterocycles. The average Bonchev–Trinajstić information content (AvgIpc) is 2.82. The maximum atomic E-state index is 12.7. The second-order valence-corrected chi connectivity index (χ2v) is 8.97. The monoisotopic (exact) mass is 465 g/mol. The van der Waals surface area contributed by atoms with Crippen LogP contribution in [0.4, 0.5) is 0 Å². The van der Waals surface area contributed by atoms with E-state index in [1.807, 2.05) is 51.1 Å². The number of esters is 1. The zero-order chi connectivity index (χ0) is 24.5. The van der Waals surface area contributed by atoms with E-state index in [0.29, 0.717) is 37.1 Å². The summed E-state index contributed by atoms with van der Waals surface area (Å²) >= 11 is 0. The normalized spacial score (nSPS) is 17.6. The van der Waals surface area contributed by atoms with Crippen LogP contribution in [-0.4, -0.2) is 36.9 Å². The first kappa shape index (κ1) is 25.5. The molecule has 0 unspecified atom stereocenters. The molecule has 0 radical (unpaired) electrons. The summed E-state index contributed by atoms with van der Waals surface area (Å²) < 4.78 is 11.2. The number of hydrogen-bond acceptors (Lipinski definition) is 5. The third-order valence-corrected chi connectivity index (χ3v) is 6.28. The highest BCUT2D eigenvalue weighted by Gasteiger charge is 2.28. The Bertz CT molecular complexity index is 990. The molecule has 1 saturated carbocycles. The number of carbonyl (C=O) groups excluding carboxylic acids is 3. The molecule has 1 N–H and O–H groups in total. The van der Waals surface area contributed by atoms with Gasteiger partial charge in [-0.05, 0) is 88.8 Å². The van der Waals surface area contributed by atoms with Gasteiger partial charge in [-0.2, -0.15) is 0 Å². The van der Waals surface area contributed by atoms with Crippen LogP contribution in [0, 0.1) is 19.8 Å². The fraction of sp³-hybridized carbons (Fsp3) is 0.464. The van der Waals surface area contributed by atoms with Gasteiger partial charge in [0.15, 0.2) is 5.78 Å². The van der Waals surface area contributed by atoms with Gasteiger partial charge in [-0.25, -0.2) is 0 Å². The first-order valence-electron chi connectivity index (χ1n) is 12.2. The molecule has 1 aliphatic carbocycles. The van der Waals surface area contributed by atoms with Crippen molar-refractivity contribution in [3.63, 3.8) is 0 Å². The van der Waals surface area contributed by atoms with Crippen molar-refractivity contribution in [3.8, 4) is 5.75 Å². The predicted octanol–water partition coefficient (Wildman–Crippen LogP) is 5.20. The molecule has 0 spiro atoms. The lowest BCUT2D eigenvalue weighted by Crippen LogP contribution is -2.29. The van der Waals surface area contributed by atoms with Gasteiger partial charge in [-0.3, -0.25) is 14.4 Å². The van der Waals surface area contributed by atoms with Gasteiger partial charge in [0.1, 0.15) is 5.75 Å². The van der Waals surface area contributed by atoms with Gasteiger partial charge >= 0.3 is 5.97 Å². The summed E-state index contributed by atoms with van der Waals surface area (Å²) in [6, 6.07) is 13.0. The number of carbonyl (C=O) groups is 3. The molecule has 182 valence electrons. The van der Waals surface area contributed by atoms with E-state index in [0.717, 1.165) is 42.6 Å². The number of Topliss-reactive ketones (excluding diaryl/α,β-unsaturated/α-hetero) is 1. The Kier molecular flexibility index (Phi) is 9.25. The molecule has 0 aromatic heterocycles. The van der Waals surface area contributed by atoms with Gasteiger partial charge < -0.3 is 14.8 Å². The van der Waals surface area contributed by atoms with Gasteiger partial charge in [0.2, 0.25) is 0 Å². The maximum Gasteiger partial charge on any atom is 0.308 e. The highest BCUT2D eigenvalue weighted by molar-refractivity contribution is 5.97. The fourth-order valence-electron chi connectivity index (χ4n) is 4.28. The minimum absolute atomic E-state index is 0.0248. The van der Waals surface area contributed by atoms with E-state index in [9.17, 15) is 14.4 Å². The molecule has 1 amide bonds. The van der Waals surface area contributed by atoms with Crippen molar-refractivity contribution in [2.45, 2.75) is 65.4 Å². The van der Waals surface area contributed by atoms with Crippen LogP contribution in [-0.2, 0) is 9.53 Å². The van der Waals surface area contributed by atoms with E-state index in [-0.39, 0.29) is 29.7 Å². The molecule has 0 aliphatic heterocycles. The zero-order valence-electron chi connectivity index (χ0n) is 20.4. The summed E-state index contributed by atoms with van der Waals surface area (Å²) in [7, 11) is 0. The molecule has 2 aromatic carbocycles. The van der Waals surface area contributed by atoms with Crippen LogP contribution in [0.1, 0.15) is 77.3 Å². The third-order valence-electron chi connectivity index (χ3n) is 6.28. The molecule has 1 aliphatic rings. The number of nitrogens with one attached hydrogen (secondary N) is 1. The highest BCUT2D eigenvalue weighted by Crippen LogP contribution is 2.29. The van der Waals surface area contributed by atoms with E-state index in [1.54, 1.807) is 12.1 Å². The summed E-state index contributed by atoms with van der Waals surface area (Å²) in [5, 5.41) is 2.87. The van der Waals surface area contributed by atoms with Crippen molar-refractivity contribution in [1.29, 1.82) is 0 Å². The van der Waals surface area contributed by atoms with E-state index in [4.69, 9.17) is 9.47 Å². The number of amides is 1. The van der Waals surface area contributed by atoms with Crippen molar-refractivity contribution in [2.24, 2.45) is 5.92 Å². The number of ether oxygens (including phenoxy) is 2. The van der Waals surface area contributed by atoms with Gasteiger partial charge in [0.25, 0.3) is 5.91 Å². The molecule has 2 aromatic rings. The number of aryl methyl sites for hydroxylation is 2. The lowest BCUT2D eigenvalue weighted by atomic mass is 9.87. The Morgan fingerprint density at radius 3 is 2.32 bits per heavy atom. The Morgan fingerprint density at radius 2 is 1.68 bits per heavy atom. The molecule has 0 saturated heterocycles. The number of hydrogen-bond donors (Lipinski definition) is 1. The molecular formula is C28H35NO5. The zero-order valence-corrected chi connectivity index (χ0v) is 20.4. The first-order valence-corrected chi connectivity index (χ1v) is 12.2. The molecule has 3 rings (SSSR count). The fourth-order valence-corrected chi connectivity index (χ4v) is 4.28. The Balaban J connectivity index is 1.42.